The SMILES string of the molecule is O=C(Nc1cc(Cl)ccc1NCc1ccccc1)C1CCCC1O. The molecular weight excluding hydrogens is 324 g/mol. The van der Waals surface area contributed by atoms with E-state index in [0.717, 1.165) is 24.1 Å². The number of amides is 1. The van der Waals surface area contributed by atoms with Crippen molar-refractivity contribution in [2.45, 2.75) is 31.9 Å². The molecule has 1 aliphatic carbocycles. The van der Waals surface area contributed by atoms with Crippen LogP contribution in [0.25, 0.3) is 0 Å². The van der Waals surface area contributed by atoms with Crippen molar-refractivity contribution < 1.29 is 9.90 Å². The molecule has 24 heavy (non-hydrogen) atoms. The molecule has 2 aromatic carbocycles. The van der Waals surface area contributed by atoms with E-state index in [1.54, 1.807) is 12.1 Å². The molecule has 1 fully saturated rings. The van der Waals surface area contributed by atoms with Gasteiger partial charge >= 0.3 is 0 Å². The van der Waals surface area contributed by atoms with Gasteiger partial charge in [0.1, 0.15) is 0 Å². The third-order valence-electron chi connectivity index (χ3n) is 4.38. The van der Waals surface area contributed by atoms with Crippen LogP contribution in [0.1, 0.15) is 24.8 Å². The second kappa shape index (κ2) is 7.69. The molecule has 0 aromatic heterocycles. The summed E-state index contributed by atoms with van der Waals surface area (Å²) in [5.41, 5.74) is 2.60. The van der Waals surface area contributed by atoms with Gasteiger partial charge in [-0.25, -0.2) is 0 Å². The van der Waals surface area contributed by atoms with Crippen LogP contribution in [0, 0.1) is 5.92 Å². The number of halogens is 1. The number of carbonyl (C=O) groups excluding carboxylic acids is 1. The molecule has 126 valence electrons. The maximum absolute atomic E-state index is 12.4. The van der Waals surface area contributed by atoms with Crippen molar-refractivity contribution in [3.8, 4) is 0 Å². The first-order chi connectivity index (χ1) is 11.6. The minimum atomic E-state index is -0.551. The lowest BCUT2D eigenvalue weighted by atomic mass is 10.1. The summed E-state index contributed by atoms with van der Waals surface area (Å²) >= 11 is 6.08. The van der Waals surface area contributed by atoms with Gasteiger partial charge in [-0.3, -0.25) is 4.79 Å². The maximum Gasteiger partial charge on any atom is 0.230 e. The van der Waals surface area contributed by atoms with Gasteiger partial charge in [0.05, 0.1) is 23.4 Å². The number of anilines is 2. The average molecular weight is 345 g/mol. The van der Waals surface area contributed by atoms with Gasteiger partial charge in [0.2, 0.25) is 5.91 Å². The molecule has 2 aromatic rings. The Kier molecular flexibility index (Phi) is 5.38. The predicted octanol–water partition coefficient (Wildman–Crippen LogP) is 4.05. The van der Waals surface area contributed by atoms with E-state index < -0.39 is 6.10 Å². The Morgan fingerprint density at radius 2 is 1.92 bits per heavy atom. The third-order valence-corrected chi connectivity index (χ3v) is 4.62. The topological polar surface area (TPSA) is 61.4 Å². The van der Waals surface area contributed by atoms with E-state index in [1.165, 1.54) is 0 Å². The molecule has 3 rings (SSSR count). The summed E-state index contributed by atoms with van der Waals surface area (Å²) in [7, 11) is 0. The summed E-state index contributed by atoms with van der Waals surface area (Å²) in [5, 5.41) is 16.7. The van der Waals surface area contributed by atoms with Gasteiger partial charge in [0.25, 0.3) is 0 Å². The van der Waals surface area contributed by atoms with Crippen molar-refractivity contribution in [1.82, 2.24) is 0 Å². The smallest absolute Gasteiger partial charge is 0.230 e. The Morgan fingerprint density at radius 1 is 1.12 bits per heavy atom. The molecule has 0 heterocycles. The van der Waals surface area contributed by atoms with Crippen LogP contribution in [-0.2, 0) is 11.3 Å². The second-order valence-electron chi connectivity index (χ2n) is 6.12. The molecule has 0 spiro atoms. The molecule has 1 amide bonds. The predicted molar refractivity (Wildman–Crippen MR) is 97.2 cm³/mol. The van der Waals surface area contributed by atoms with Crippen LogP contribution in [0.4, 0.5) is 11.4 Å². The van der Waals surface area contributed by atoms with Crippen LogP contribution in [0.3, 0.4) is 0 Å². The summed E-state index contributed by atoms with van der Waals surface area (Å²) in [6.45, 7) is 0.650. The Morgan fingerprint density at radius 3 is 2.62 bits per heavy atom. The van der Waals surface area contributed by atoms with Crippen molar-refractivity contribution in [3.63, 3.8) is 0 Å². The summed E-state index contributed by atoms with van der Waals surface area (Å²) in [5.74, 6) is -0.490. The normalized spacial score (nSPS) is 19.9. The number of hydrogen-bond acceptors (Lipinski definition) is 3. The lowest BCUT2D eigenvalue weighted by molar-refractivity contribution is -0.122. The number of aliphatic hydroxyl groups excluding tert-OH is 1. The summed E-state index contributed by atoms with van der Waals surface area (Å²) in [6, 6.07) is 15.4. The first-order valence-electron chi connectivity index (χ1n) is 8.20. The molecule has 0 bridgehead atoms. The average Bonchev–Trinajstić information content (AvgIpc) is 3.01. The van der Waals surface area contributed by atoms with Crippen molar-refractivity contribution in [3.05, 3.63) is 59.1 Å². The molecule has 3 N–H and O–H groups in total. The molecule has 0 radical (unpaired) electrons. The van der Waals surface area contributed by atoms with Crippen LogP contribution >= 0.6 is 11.6 Å². The molecular formula is C19H21ClN2O2. The van der Waals surface area contributed by atoms with Crippen molar-refractivity contribution >= 4 is 28.9 Å². The molecule has 4 nitrogen and oxygen atoms in total. The highest BCUT2D eigenvalue weighted by atomic mass is 35.5. The van der Waals surface area contributed by atoms with Gasteiger partial charge in [-0.1, -0.05) is 41.9 Å². The highest BCUT2D eigenvalue weighted by molar-refractivity contribution is 6.31. The molecule has 1 aliphatic rings. The van der Waals surface area contributed by atoms with E-state index in [0.29, 0.717) is 23.7 Å². The van der Waals surface area contributed by atoms with E-state index in [1.807, 2.05) is 36.4 Å². The quantitative estimate of drug-likeness (QED) is 0.766. The number of carbonyl (C=O) groups is 1. The zero-order valence-electron chi connectivity index (χ0n) is 13.3. The molecule has 0 saturated heterocycles. The van der Waals surface area contributed by atoms with E-state index in [-0.39, 0.29) is 11.8 Å². The fourth-order valence-corrected chi connectivity index (χ4v) is 3.21. The van der Waals surface area contributed by atoms with Crippen molar-refractivity contribution in [1.29, 1.82) is 0 Å². The molecule has 2 unspecified atom stereocenters. The first-order valence-corrected chi connectivity index (χ1v) is 8.57. The number of aliphatic hydroxyl groups is 1. The van der Waals surface area contributed by atoms with Crippen molar-refractivity contribution in [2.24, 2.45) is 5.92 Å². The highest BCUT2D eigenvalue weighted by Gasteiger charge is 2.31. The van der Waals surface area contributed by atoms with Crippen molar-refractivity contribution in [2.75, 3.05) is 10.6 Å². The van der Waals surface area contributed by atoms with Crippen LogP contribution in [0.15, 0.2) is 48.5 Å². The van der Waals surface area contributed by atoms with Gasteiger partial charge in [-0.05, 0) is 43.0 Å². The highest BCUT2D eigenvalue weighted by Crippen LogP contribution is 2.30. The summed E-state index contributed by atoms with van der Waals surface area (Å²) < 4.78 is 0. The molecule has 2 atom stereocenters. The zero-order chi connectivity index (χ0) is 16.9. The third kappa shape index (κ3) is 4.08. The number of nitrogens with one attached hydrogen (secondary N) is 2. The Labute approximate surface area is 146 Å². The van der Waals surface area contributed by atoms with Gasteiger partial charge in [-0.15, -0.1) is 0 Å². The number of rotatable bonds is 5. The number of benzene rings is 2. The van der Waals surface area contributed by atoms with E-state index in [9.17, 15) is 9.90 Å². The fourth-order valence-electron chi connectivity index (χ4n) is 3.04. The van der Waals surface area contributed by atoms with Gasteiger partial charge in [0.15, 0.2) is 0 Å². The minimum Gasteiger partial charge on any atom is -0.392 e. The fraction of sp³-hybridized carbons (Fsp3) is 0.316. The Hall–Kier alpha value is -2.04. The van der Waals surface area contributed by atoms with E-state index in [4.69, 9.17) is 11.6 Å². The molecule has 0 aliphatic heterocycles. The largest absolute Gasteiger partial charge is 0.392 e. The van der Waals surface area contributed by atoms with Crippen LogP contribution < -0.4 is 10.6 Å². The van der Waals surface area contributed by atoms with E-state index in [2.05, 4.69) is 10.6 Å². The monoisotopic (exact) mass is 344 g/mol. The first kappa shape index (κ1) is 16.8. The Balaban J connectivity index is 1.72. The van der Waals surface area contributed by atoms with Crippen LogP contribution in [0.5, 0.6) is 0 Å². The van der Waals surface area contributed by atoms with Crippen LogP contribution in [-0.4, -0.2) is 17.1 Å². The van der Waals surface area contributed by atoms with E-state index >= 15 is 0 Å². The summed E-state index contributed by atoms with van der Waals surface area (Å²) in [4.78, 5) is 12.4. The second-order valence-corrected chi connectivity index (χ2v) is 6.56. The molecule has 1 saturated carbocycles. The lowest BCUT2D eigenvalue weighted by Gasteiger charge is -2.17. The lowest BCUT2D eigenvalue weighted by Crippen LogP contribution is -2.29. The van der Waals surface area contributed by atoms with Crippen LogP contribution in [0.2, 0.25) is 5.02 Å². The Bertz CT molecular complexity index is 706. The van der Waals surface area contributed by atoms with Gasteiger partial charge < -0.3 is 15.7 Å². The number of hydrogen-bond donors (Lipinski definition) is 3. The zero-order valence-corrected chi connectivity index (χ0v) is 14.1. The van der Waals surface area contributed by atoms with Gasteiger partial charge in [0, 0.05) is 11.6 Å². The standard InChI is InChI=1S/C19H21ClN2O2/c20-14-9-10-16(21-12-13-5-2-1-3-6-13)17(11-14)22-19(24)15-7-4-8-18(15)23/h1-3,5-6,9-11,15,18,21,23H,4,7-8,12H2,(H,22,24). The molecule has 5 heteroatoms. The van der Waals surface area contributed by atoms with Gasteiger partial charge in [-0.2, -0.15) is 0 Å². The summed E-state index contributed by atoms with van der Waals surface area (Å²) in [6.07, 6.45) is 1.74. The maximum atomic E-state index is 12.4. The minimum absolute atomic E-state index is 0.148.